The fourth-order valence-corrected chi connectivity index (χ4v) is 1.83. The van der Waals surface area contributed by atoms with Crippen LogP contribution in [0.2, 0.25) is 0 Å². The lowest BCUT2D eigenvalue weighted by atomic mass is 10.1. The molecule has 1 N–H and O–H groups in total. The van der Waals surface area contributed by atoms with Crippen molar-refractivity contribution in [3.63, 3.8) is 0 Å². The van der Waals surface area contributed by atoms with E-state index in [1.165, 1.54) is 0 Å². The topological polar surface area (TPSA) is 15.3 Å². The minimum atomic E-state index is -1.12. The Balaban J connectivity index is 2.13. The van der Waals surface area contributed by atoms with Crippen LogP contribution in [0.25, 0.3) is 0 Å². The molecule has 1 heterocycles. The van der Waals surface area contributed by atoms with Crippen LogP contribution >= 0.6 is 0 Å². The first-order valence-electron chi connectivity index (χ1n) is 5.23. The second kappa shape index (κ2) is 4.84. The van der Waals surface area contributed by atoms with E-state index >= 15 is 0 Å². The van der Waals surface area contributed by atoms with Crippen molar-refractivity contribution in [2.24, 2.45) is 0 Å². The molecule has 0 bridgehead atoms. The van der Waals surface area contributed by atoms with Gasteiger partial charge in [-0.05, 0) is 6.07 Å². The summed E-state index contributed by atoms with van der Waals surface area (Å²) in [5.74, 6) is -2.80. The summed E-state index contributed by atoms with van der Waals surface area (Å²) < 4.78 is 39.2. The SMILES string of the molecule is Fc1cc(F)c(F)c(CN2CCNCC2)c1. The van der Waals surface area contributed by atoms with Gasteiger partial charge in [-0.1, -0.05) is 0 Å². The minimum absolute atomic E-state index is 0.0828. The highest BCUT2D eigenvalue weighted by atomic mass is 19.2. The van der Waals surface area contributed by atoms with Gasteiger partial charge in [0, 0.05) is 44.4 Å². The molecule has 2 nitrogen and oxygen atoms in total. The molecule has 16 heavy (non-hydrogen) atoms. The molecule has 0 aliphatic carbocycles. The number of piperazine rings is 1. The summed E-state index contributed by atoms with van der Waals surface area (Å²) in [6, 6.07) is 1.62. The summed E-state index contributed by atoms with van der Waals surface area (Å²) in [5.41, 5.74) is 0.0828. The molecule has 0 saturated carbocycles. The monoisotopic (exact) mass is 230 g/mol. The molecule has 1 fully saturated rings. The normalized spacial score (nSPS) is 17.7. The molecule has 0 atom stereocenters. The maximum absolute atomic E-state index is 13.4. The van der Waals surface area contributed by atoms with Gasteiger partial charge in [-0.3, -0.25) is 4.90 Å². The molecular weight excluding hydrogens is 217 g/mol. The summed E-state index contributed by atoms with van der Waals surface area (Å²) in [6.07, 6.45) is 0. The van der Waals surface area contributed by atoms with E-state index in [1.54, 1.807) is 0 Å². The fourth-order valence-electron chi connectivity index (χ4n) is 1.83. The van der Waals surface area contributed by atoms with Crippen molar-refractivity contribution in [2.45, 2.75) is 6.54 Å². The number of benzene rings is 1. The van der Waals surface area contributed by atoms with Crippen LogP contribution < -0.4 is 5.32 Å². The highest BCUT2D eigenvalue weighted by Crippen LogP contribution is 2.16. The van der Waals surface area contributed by atoms with Gasteiger partial charge in [0.25, 0.3) is 0 Å². The average Bonchev–Trinajstić information content (AvgIpc) is 2.27. The maximum Gasteiger partial charge on any atom is 0.163 e. The second-order valence-corrected chi connectivity index (χ2v) is 3.89. The van der Waals surface area contributed by atoms with Crippen LogP contribution in [0, 0.1) is 17.5 Å². The van der Waals surface area contributed by atoms with Gasteiger partial charge in [-0.25, -0.2) is 13.2 Å². The number of halogens is 3. The summed E-state index contributed by atoms with van der Waals surface area (Å²) in [5, 5.41) is 3.15. The van der Waals surface area contributed by atoms with E-state index in [0.29, 0.717) is 6.07 Å². The van der Waals surface area contributed by atoms with Crippen LogP contribution in [0.15, 0.2) is 12.1 Å². The van der Waals surface area contributed by atoms with Crippen LogP contribution in [0.4, 0.5) is 13.2 Å². The lowest BCUT2D eigenvalue weighted by molar-refractivity contribution is 0.229. The van der Waals surface area contributed by atoms with E-state index in [0.717, 1.165) is 32.2 Å². The largest absolute Gasteiger partial charge is 0.314 e. The van der Waals surface area contributed by atoms with Crippen molar-refractivity contribution in [3.8, 4) is 0 Å². The Hall–Kier alpha value is -1.07. The van der Waals surface area contributed by atoms with Crippen molar-refractivity contribution in [3.05, 3.63) is 35.1 Å². The van der Waals surface area contributed by atoms with E-state index in [2.05, 4.69) is 5.32 Å². The van der Waals surface area contributed by atoms with Gasteiger partial charge in [0.15, 0.2) is 11.6 Å². The predicted molar refractivity (Wildman–Crippen MR) is 54.5 cm³/mol. The van der Waals surface area contributed by atoms with Crippen LogP contribution in [-0.4, -0.2) is 31.1 Å². The Morgan fingerprint density at radius 2 is 1.81 bits per heavy atom. The number of nitrogens with one attached hydrogen (secondary N) is 1. The van der Waals surface area contributed by atoms with Crippen molar-refractivity contribution >= 4 is 0 Å². The van der Waals surface area contributed by atoms with Crippen LogP contribution in [0.3, 0.4) is 0 Å². The molecule has 0 amide bonds. The van der Waals surface area contributed by atoms with Gasteiger partial charge in [-0.15, -0.1) is 0 Å². The van der Waals surface area contributed by atoms with E-state index in [4.69, 9.17) is 0 Å². The third kappa shape index (κ3) is 2.54. The molecule has 1 aliphatic rings. The summed E-state index contributed by atoms with van der Waals surface area (Å²) in [7, 11) is 0. The predicted octanol–water partition coefficient (Wildman–Crippen LogP) is 1.51. The molecule has 0 radical (unpaired) electrons. The van der Waals surface area contributed by atoms with Crippen LogP contribution in [-0.2, 0) is 6.54 Å². The Bertz CT molecular complexity index is 376. The second-order valence-electron chi connectivity index (χ2n) is 3.89. The van der Waals surface area contributed by atoms with Gasteiger partial charge in [0.2, 0.25) is 0 Å². The van der Waals surface area contributed by atoms with Gasteiger partial charge >= 0.3 is 0 Å². The van der Waals surface area contributed by atoms with Crippen LogP contribution in [0.1, 0.15) is 5.56 Å². The molecular formula is C11H13F3N2. The van der Waals surface area contributed by atoms with Crippen molar-refractivity contribution in [1.29, 1.82) is 0 Å². The van der Waals surface area contributed by atoms with Crippen molar-refractivity contribution in [1.82, 2.24) is 10.2 Å². The first-order chi connectivity index (χ1) is 7.66. The van der Waals surface area contributed by atoms with E-state index in [1.807, 2.05) is 4.90 Å². The fraction of sp³-hybridized carbons (Fsp3) is 0.455. The highest BCUT2D eigenvalue weighted by Gasteiger charge is 2.15. The smallest absolute Gasteiger partial charge is 0.163 e. The Morgan fingerprint density at radius 3 is 2.50 bits per heavy atom. The molecule has 0 spiro atoms. The molecule has 1 saturated heterocycles. The van der Waals surface area contributed by atoms with Crippen LogP contribution in [0.5, 0.6) is 0 Å². The first kappa shape index (κ1) is 11.4. The van der Waals surface area contributed by atoms with Gasteiger partial charge < -0.3 is 5.32 Å². The lowest BCUT2D eigenvalue weighted by Crippen LogP contribution is -2.43. The minimum Gasteiger partial charge on any atom is -0.314 e. The molecule has 0 aromatic heterocycles. The van der Waals surface area contributed by atoms with Crippen molar-refractivity contribution < 1.29 is 13.2 Å². The third-order valence-electron chi connectivity index (χ3n) is 2.67. The summed E-state index contributed by atoms with van der Waals surface area (Å²) in [4.78, 5) is 1.97. The highest BCUT2D eigenvalue weighted by molar-refractivity contribution is 5.20. The molecule has 0 unspecified atom stereocenters. The number of nitrogens with zero attached hydrogens (tertiary/aromatic N) is 1. The molecule has 1 aromatic rings. The number of rotatable bonds is 2. The molecule has 5 heteroatoms. The zero-order valence-electron chi connectivity index (χ0n) is 8.77. The molecule has 1 aromatic carbocycles. The standard InChI is InChI=1S/C11H13F3N2/c12-9-5-8(11(14)10(13)6-9)7-16-3-1-15-2-4-16/h5-6,15H,1-4,7H2. The van der Waals surface area contributed by atoms with Gasteiger partial charge in [-0.2, -0.15) is 0 Å². The van der Waals surface area contributed by atoms with E-state index in [9.17, 15) is 13.2 Å². The molecule has 1 aliphatic heterocycles. The Kier molecular flexibility index (Phi) is 3.46. The first-order valence-corrected chi connectivity index (χ1v) is 5.23. The Morgan fingerprint density at radius 1 is 1.12 bits per heavy atom. The average molecular weight is 230 g/mol. The summed E-state index contributed by atoms with van der Waals surface area (Å²) >= 11 is 0. The zero-order chi connectivity index (χ0) is 11.5. The van der Waals surface area contributed by atoms with Crippen molar-refractivity contribution in [2.75, 3.05) is 26.2 Å². The number of hydrogen-bond acceptors (Lipinski definition) is 2. The molecule has 2 rings (SSSR count). The van der Waals surface area contributed by atoms with Gasteiger partial charge in [0.1, 0.15) is 5.82 Å². The van der Waals surface area contributed by atoms with E-state index < -0.39 is 17.5 Å². The summed E-state index contributed by atoms with van der Waals surface area (Å²) in [6.45, 7) is 3.41. The zero-order valence-corrected chi connectivity index (χ0v) is 8.77. The quantitative estimate of drug-likeness (QED) is 0.775. The maximum atomic E-state index is 13.4. The number of hydrogen-bond donors (Lipinski definition) is 1. The Labute approximate surface area is 92.1 Å². The third-order valence-corrected chi connectivity index (χ3v) is 2.67. The van der Waals surface area contributed by atoms with Gasteiger partial charge in [0.05, 0.1) is 0 Å². The molecule has 88 valence electrons. The lowest BCUT2D eigenvalue weighted by Gasteiger charge is -2.27. The van der Waals surface area contributed by atoms with E-state index in [-0.39, 0.29) is 12.1 Å².